The van der Waals surface area contributed by atoms with Crippen LogP contribution >= 0.6 is 15.9 Å². The molecule has 0 saturated carbocycles. The van der Waals surface area contributed by atoms with Gasteiger partial charge in [0.1, 0.15) is 11.5 Å². The molecular formula is C12H15BrO2. The van der Waals surface area contributed by atoms with Crippen LogP contribution in [-0.4, -0.2) is 14.2 Å². The third kappa shape index (κ3) is 1.85. The van der Waals surface area contributed by atoms with Gasteiger partial charge in [0.25, 0.3) is 0 Å². The van der Waals surface area contributed by atoms with Crippen molar-refractivity contribution < 1.29 is 9.47 Å². The lowest BCUT2D eigenvalue weighted by atomic mass is 9.90. The van der Waals surface area contributed by atoms with E-state index in [1.165, 1.54) is 17.5 Å². The quantitative estimate of drug-likeness (QED) is 0.767. The van der Waals surface area contributed by atoms with Gasteiger partial charge in [-0.3, -0.25) is 0 Å². The second kappa shape index (κ2) is 4.44. The normalized spacial score (nSPS) is 19.5. The van der Waals surface area contributed by atoms with Crippen LogP contribution in [0.4, 0.5) is 0 Å². The van der Waals surface area contributed by atoms with E-state index in [0.29, 0.717) is 4.83 Å². The van der Waals surface area contributed by atoms with E-state index in [2.05, 4.69) is 15.9 Å². The van der Waals surface area contributed by atoms with Gasteiger partial charge >= 0.3 is 0 Å². The van der Waals surface area contributed by atoms with E-state index in [0.717, 1.165) is 24.3 Å². The maximum Gasteiger partial charge on any atom is 0.123 e. The first kappa shape index (κ1) is 10.8. The van der Waals surface area contributed by atoms with Crippen LogP contribution in [0, 0.1) is 0 Å². The molecule has 3 heteroatoms. The standard InChI is InChI=1S/C12H15BrO2/c1-14-10-6-7-11(15-2)12-8(10)4-3-5-9(12)13/h6-7,9H,3-5H2,1-2H3. The molecular weight excluding hydrogens is 256 g/mol. The molecule has 2 rings (SSSR count). The molecule has 0 aromatic heterocycles. The first-order valence-corrected chi connectivity index (χ1v) is 6.07. The largest absolute Gasteiger partial charge is 0.496 e. The van der Waals surface area contributed by atoms with Crippen molar-refractivity contribution in [1.82, 2.24) is 0 Å². The number of benzene rings is 1. The molecule has 0 amide bonds. The van der Waals surface area contributed by atoms with Gasteiger partial charge < -0.3 is 9.47 Å². The van der Waals surface area contributed by atoms with Crippen LogP contribution in [0.15, 0.2) is 12.1 Å². The summed E-state index contributed by atoms with van der Waals surface area (Å²) in [4.78, 5) is 0.395. The Kier molecular flexibility index (Phi) is 3.19. The zero-order chi connectivity index (χ0) is 10.8. The van der Waals surface area contributed by atoms with Crippen molar-refractivity contribution >= 4 is 15.9 Å². The molecule has 2 nitrogen and oxygen atoms in total. The average Bonchev–Trinajstić information content (AvgIpc) is 2.28. The van der Waals surface area contributed by atoms with Crippen molar-refractivity contribution in [2.45, 2.75) is 24.1 Å². The van der Waals surface area contributed by atoms with E-state index in [1.54, 1.807) is 14.2 Å². The van der Waals surface area contributed by atoms with E-state index < -0.39 is 0 Å². The van der Waals surface area contributed by atoms with Gasteiger partial charge in [-0.25, -0.2) is 0 Å². The third-order valence-electron chi connectivity index (χ3n) is 2.91. The minimum absolute atomic E-state index is 0.395. The zero-order valence-corrected chi connectivity index (χ0v) is 10.6. The zero-order valence-electron chi connectivity index (χ0n) is 9.05. The molecule has 0 saturated heterocycles. The Morgan fingerprint density at radius 1 is 1.20 bits per heavy atom. The van der Waals surface area contributed by atoms with Crippen LogP contribution in [0.3, 0.4) is 0 Å². The van der Waals surface area contributed by atoms with Crippen LogP contribution in [-0.2, 0) is 6.42 Å². The van der Waals surface area contributed by atoms with Gasteiger partial charge in [-0.1, -0.05) is 15.9 Å². The summed E-state index contributed by atoms with van der Waals surface area (Å²) < 4.78 is 10.8. The van der Waals surface area contributed by atoms with E-state index >= 15 is 0 Å². The highest BCUT2D eigenvalue weighted by Gasteiger charge is 2.24. The van der Waals surface area contributed by atoms with Gasteiger partial charge in [0.05, 0.1) is 14.2 Å². The molecule has 1 aromatic rings. The van der Waals surface area contributed by atoms with Gasteiger partial charge in [-0.15, -0.1) is 0 Å². The summed E-state index contributed by atoms with van der Waals surface area (Å²) in [6.45, 7) is 0. The number of ether oxygens (including phenoxy) is 2. The minimum Gasteiger partial charge on any atom is -0.496 e. The molecule has 0 N–H and O–H groups in total. The molecule has 0 fully saturated rings. The molecule has 1 aromatic carbocycles. The van der Waals surface area contributed by atoms with Crippen molar-refractivity contribution in [3.63, 3.8) is 0 Å². The van der Waals surface area contributed by atoms with E-state index in [1.807, 2.05) is 12.1 Å². The lowest BCUT2D eigenvalue weighted by Crippen LogP contribution is -2.08. The maximum atomic E-state index is 5.40. The summed E-state index contributed by atoms with van der Waals surface area (Å²) in [6.07, 6.45) is 3.45. The van der Waals surface area contributed by atoms with Crippen LogP contribution < -0.4 is 9.47 Å². The van der Waals surface area contributed by atoms with Gasteiger partial charge in [0.2, 0.25) is 0 Å². The smallest absolute Gasteiger partial charge is 0.123 e. The van der Waals surface area contributed by atoms with Crippen molar-refractivity contribution in [3.05, 3.63) is 23.3 Å². The van der Waals surface area contributed by atoms with Gasteiger partial charge in [0, 0.05) is 16.0 Å². The van der Waals surface area contributed by atoms with Gasteiger partial charge in [-0.2, -0.15) is 0 Å². The fourth-order valence-corrected chi connectivity index (χ4v) is 3.02. The van der Waals surface area contributed by atoms with E-state index in [9.17, 15) is 0 Å². The first-order valence-electron chi connectivity index (χ1n) is 5.15. The van der Waals surface area contributed by atoms with E-state index in [4.69, 9.17) is 9.47 Å². The molecule has 82 valence electrons. The number of alkyl halides is 1. The maximum absolute atomic E-state index is 5.40. The summed E-state index contributed by atoms with van der Waals surface area (Å²) in [5.74, 6) is 1.95. The number of hydrogen-bond donors (Lipinski definition) is 0. The highest BCUT2D eigenvalue weighted by Crippen LogP contribution is 2.44. The van der Waals surface area contributed by atoms with Crippen molar-refractivity contribution in [2.75, 3.05) is 14.2 Å². The number of rotatable bonds is 2. The van der Waals surface area contributed by atoms with Crippen molar-refractivity contribution in [1.29, 1.82) is 0 Å². The Labute approximate surface area is 98.7 Å². The van der Waals surface area contributed by atoms with Crippen molar-refractivity contribution in [3.8, 4) is 11.5 Å². The number of fused-ring (bicyclic) bond motifs is 1. The Morgan fingerprint density at radius 3 is 2.53 bits per heavy atom. The molecule has 1 aliphatic rings. The molecule has 0 spiro atoms. The van der Waals surface area contributed by atoms with E-state index in [-0.39, 0.29) is 0 Å². The Hall–Kier alpha value is -0.700. The fraction of sp³-hybridized carbons (Fsp3) is 0.500. The number of methoxy groups -OCH3 is 2. The SMILES string of the molecule is COc1ccc(OC)c2c1CCCC2Br. The van der Waals surface area contributed by atoms with Gasteiger partial charge in [0.15, 0.2) is 0 Å². The molecule has 15 heavy (non-hydrogen) atoms. The molecule has 1 aliphatic carbocycles. The number of hydrogen-bond acceptors (Lipinski definition) is 2. The summed E-state index contributed by atoms with van der Waals surface area (Å²) >= 11 is 3.71. The Morgan fingerprint density at radius 2 is 1.87 bits per heavy atom. The molecule has 0 heterocycles. The molecule has 0 radical (unpaired) electrons. The minimum atomic E-state index is 0.395. The average molecular weight is 271 g/mol. The second-order valence-electron chi connectivity index (χ2n) is 3.72. The number of halogens is 1. The summed E-state index contributed by atoms with van der Waals surface area (Å²) in [5.41, 5.74) is 2.56. The summed E-state index contributed by atoms with van der Waals surface area (Å²) in [7, 11) is 3.44. The van der Waals surface area contributed by atoms with Crippen LogP contribution in [0.1, 0.15) is 28.8 Å². The molecule has 0 aliphatic heterocycles. The fourth-order valence-electron chi connectivity index (χ4n) is 2.20. The van der Waals surface area contributed by atoms with Crippen LogP contribution in [0.25, 0.3) is 0 Å². The highest BCUT2D eigenvalue weighted by molar-refractivity contribution is 9.09. The topological polar surface area (TPSA) is 18.5 Å². The monoisotopic (exact) mass is 270 g/mol. The predicted octanol–water partition coefficient (Wildman–Crippen LogP) is 3.48. The Balaban J connectivity index is 2.56. The predicted molar refractivity (Wildman–Crippen MR) is 64.2 cm³/mol. The highest BCUT2D eigenvalue weighted by atomic mass is 79.9. The van der Waals surface area contributed by atoms with Crippen molar-refractivity contribution in [2.24, 2.45) is 0 Å². The Bertz CT molecular complexity index is 363. The summed E-state index contributed by atoms with van der Waals surface area (Å²) in [5, 5.41) is 0. The first-order chi connectivity index (χ1) is 7.27. The third-order valence-corrected chi connectivity index (χ3v) is 3.83. The molecule has 1 atom stereocenters. The summed E-state index contributed by atoms with van der Waals surface area (Å²) in [6, 6.07) is 3.97. The lowest BCUT2D eigenvalue weighted by Gasteiger charge is -2.25. The lowest BCUT2D eigenvalue weighted by molar-refractivity contribution is 0.389. The van der Waals surface area contributed by atoms with Crippen LogP contribution in [0.2, 0.25) is 0 Å². The second-order valence-corrected chi connectivity index (χ2v) is 4.83. The van der Waals surface area contributed by atoms with Gasteiger partial charge in [-0.05, 0) is 31.4 Å². The van der Waals surface area contributed by atoms with Crippen LogP contribution in [0.5, 0.6) is 11.5 Å². The molecule has 0 bridgehead atoms. The molecule has 1 unspecified atom stereocenters.